The van der Waals surface area contributed by atoms with E-state index < -0.39 is 0 Å². The Morgan fingerprint density at radius 2 is 1.89 bits per heavy atom. The summed E-state index contributed by atoms with van der Waals surface area (Å²) in [6, 6.07) is 10.5. The van der Waals surface area contributed by atoms with Gasteiger partial charge < -0.3 is 11.1 Å². The van der Waals surface area contributed by atoms with Crippen LogP contribution in [0.2, 0.25) is 0 Å². The molecule has 0 aliphatic heterocycles. The van der Waals surface area contributed by atoms with Gasteiger partial charge in [0, 0.05) is 6.04 Å². The molecule has 0 spiro atoms. The Bertz CT molecular complexity index is 365. The highest BCUT2D eigenvalue weighted by atomic mass is 35.5. The summed E-state index contributed by atoms with van der Waals surface area (Å²) in [7, 11) is 0. The molecule has 1 aromatic rings. The molecule has 4 heteroatoms. The molecule has 1 aromatic carbocycles. The van der Waals surface area contributed by atoms with E-state index >= 15 is 0 Å². The van der Waals surface area contributed by atoms with Crippen LogP contribution in [0.5, 0.6) is 0 Å². The summed E-state index contributed by atoms with van der Waals surface area (Å²) >= 11 is 0. The van der Waals surface area contributed by atoms with Gasteiger partial charge in [0.05, 0.1) is 6.54 Å². The molecule has 1 rings (SSSR count). The minimum Gasteiger partial charge on any atom is -0.353 e. The lowest BCUT2D eigenvalue weighted by molar-refractivity contribution is -0.120. The van der Waals surface area contributed by atoms with Crippen molar-refractivity contribution in [1.82, 2.24) is 5.32 Å². The summed E-state index contributed by atoms with van der Waals surface area (Å²) in [6.07, 6.45) is 0.892. The molecule has 0 radical (unpaired) electrons. The van der Waals surface area contributed by atoms with E-state index in [1.807, 2.05) is 25.1 Å². The standard InChI is InChI=1S/C14H22N2O.ClH/c1-11(16-13(17)10-15)9-14(2,3)12-7-5-4-6-8-12;/h4-8,11H,9-10,15H2,1-3H3,(H,16,17);1H. The fourth-order valence-electron chi connectivity index (χ4n) is 2.16. The van der Waals surface area contributed by atoms with Gasteiger partial charge in [0.25, 0.3) is 0 Å². The molecule has 1 unspecified atom stereocenters. The van der Waals surface area contributed by atoms with Crippen LogP contribution in [0, 0.1) is 0 Å². The predicted molar refractivity (Wildman–Crippen MR) is 78.0 cm³/mol. The van der Waals surface area contributed by atoms with E-state index in [1.165, 1.54) is 5.56 Å². The Kier molecular flexibility index (Phi) is 6.96. The van der Waals surface area contributed by atoms with Gasteiger partial charge in [-0.25, -0.2) is 0 Å². The molecular formula is C14H23ClN2O. The van der Waals surface area contributed by atoms with Crippen LogP contribution in [-0.2, 0) is 10.2 Å². The van der Waals surface area contributed by atoms with E-state index in [9.17, 15) is 4.79 Å². The van der Waals surface area contributed by atoms with Crippen molar-refractivity contribution in [2.24, 2.45) is 5.73 Å². The van der Waals surface area contributed by atoms with Crippen molar-refractivity contribution in [2.45, 2.75) is 38.6 Å². The van der Waals surface area contributed by atoms with Crippen molar-refractivity contribution in [1.29, 1.82) is 0 Å². The lowest BCUT2D eigenvalue weighted by atomic mass is 9.79. The van der Waals surface area contributed by atoms with Gasteiger partial charge in [0.15, 0.2) is 0 Å². The number of amides is 1. The first-order valence-corrected chi connectivity index (χ1v) is 6.00. The Morgan fingerprint density at radius 1 is 1.33 bits per heavy atom. The van der Waals surface area contributed by atoms with Crippen LogP contribution < -0.4 is 11.1 Å². The summed E-state index contributed by atoms with van der Waals surface area (Å²) in [5.74, 6) is -0.0960. The molecule has 102 valence electrons. The molecule has 0 saturated heterocycles. The number of nitrogens with two attached hydrogens (primary N) is 1. The van der Waals surface area contributed by atoms with Crippen molar-refractivity contribution < 1.29 is 4.79 Å². The first kappa shape index (κ1) is 16.9. The van der Waals surface area contributed by atoms with Gasteiger partial charge >= 0.3 is 0 Å². The van der Waals surface area contributed by atoms with Gasteiger partial charge in [-0.05, 0) is 24.3 Å². The number of hydrogen-bond donors (Lipinski definition) is 2. The highest BCUT2D eigenvalue weighted by Crippen LogP contribution is 2.27. The van der Waals surface area contributed by atoms with Gasteiger partial charge in [-0.1, -0.05) is 44.2 Å². The third kappa shape index (κ3) is 5.07. The minimum atomic E-state index is -0.0960. The number of nitrogens with one attached hydrogen (secondary N) is 1. The topological polar surface area (TPSA) is 55.1 Å². The molecule has 3 N–H and O–H groups in total. The molecule has 0 aliphatic carbocycles. The van der Waals surface area contributed by atoms with Gasteiger partial charge in [0.1, 0.15) is 0 Å². The molecule has 0 bridgehead atoms. The monoisotopic (exact) mass is 270 g/mol. The van der Waals surface area contributed by atoms with Crippen molar-refractivity contribution >= 4 is 18.3 Å². The normalized spacial score (nSPS) is 12.4. The largest absolute Gasteiger partial charge is 0.353 e. The van der Waals surface area contributed by atoms with E-state index in [1.54, 1.807) is 0 Å². The minimum absolute atomic E-state index is 0. The summed E-state index contributed by atoms with van der Waals surface area (Å²) in [6.45, 7) is 6.44. The number of carbonyl (C=O) groups excluding carboxylic acids is 1. The lowest BCUT2D eigenvalue weighted by Gasteiger charge is -2.29. The molecule has 0 aliphatic rings. The number of halogens is 1. The first-order chi connectivity index (χ1) is 7.95. The van der Waals surface area contributed by atoms with Crippen LogP contribution >= 0.6 is 12.4 Å². The zero-order valence-corrected chi connectivity index (χ0v) is 12.1. The maximum atomic E-state index is 11.2. The second kappa shape index (κ2) is 7.39. The fourth-order valence-corrected chi connectivity index (χ4v) is 2.16. The van der Waals surface area contributed by atoms with Gasteiger partial charge in [0.2, 0.25) is 5.91 Å². The van der Waals surface area contributed by atoms with E-state index in [4.69, 9.17) is 5.73 Å². The molecule has 0 heterocycles. The molecule has 0 fully saturated rings. The zero-order valence-electron chi connectivity index (χ0n) is 11.3. The van der Waals surface area contributed by atoms with Crippen LogP contribution in [0.1, 0.15) is 32.8 Å². The third-order valence-corrected chi connectivity index (χ3v) is 2.96. The Hall–Kier alpha value is -1.06. The quantitative estimate of drug-likeness (QED) is 0.862. The Balaban J connectivity index is 0.00000289. The molecule has 3 nitrogen and oxygen atoms in total. The zero-order chi connectivity index (χ0) is 12.9. The molecule has 1 amide bonds. The lowest BCUT2D eigenvalue weighted by Crippen LogP contribution is -2.40. The van der Waals surface area contributed by atoms with Crippen molar-refractivity contribution in [3.05, 3.63) is 35.9 Å². The fraction of sp³-hybridized carbons (Fsp3) is 0.500. The van der Waals surface area contributed by atoms with Crippen LogP contribution in [-0.4, -0.2) is 18.5 Å². The smallest absolute Gasteiger partial charge is 0.233 e. The van der Waals surface area contributed by atoms with E-state index in [2.05, 4.69) is 31.3 Å². The van der Waals surface area contributed by atoms with Gasteiger partial charge in [-0.2, -0.15) is 0 Å². The van der Waals surface area contributed by atoms with Gasteiger partial charge in [-0.3, -0.25) is 4.79 Å². The van der Waals surface area contributed by atoms with Crippen molar-refractivity contribution in [2.75, 3.05) is 6.54 Å². The molecule has 18 heavy (non-hydrogen) atoms. The van der Waals surface area contributed by atoms with Crippen molar-refractivity contribution in [3.63, 3.8) is 0 Å². The Labute approximate surface area is 116 Å². The molecule has 0 saturated carbocycles. The van der Waals surface area contributed by atoms with Crippen LogP contribution in [0.3, 0.4) is 0 Å². The molecule has 0 aromatic heterocycles. The first-order valence-electron chi connectivity index (χ1n) is 6.00. The average Bonchev–Trinajstić information content (AvgIpc) is 2.29. The van der Waals surface area contributed by atoms with E-state index in [0.29, 0.717) is 0 Å². The van der Waals surface area contributed by atoms with Crippen molar-refractivity contribution in [3.8, 4) is 0 Å². The summed E-state index contributed by atoms with van der Waals surface area (Å²) in [5.41, 5.74) is 6.61. The maximum Gasteiger partial charge on any atom is 0.233 e. The van der Waals surface area contributed by atoms with Crippen LogP contribution in [0.4, 0.5) is 0 Å². The Morgan fingerprint density at radius 3 is 2.39 bits per heavy atom. The summed E-state index contributed by atoms with van der Waals surface area (Å²) in [5, 5.41) is 2.89. The van der Waals surface area contributed by atoms with E-state index in [-0.39, 0.29) is 36.3 Å². The number of hydrogen-bond acceptors (Lipinski definition) is 2. The highest BCUT2D eigenvalue weighted by molar-refractivity contribution is 5.85. The van der Waals surface area contributed by atoms with Crippen LogP contribution in [0.25, 0.3) is 0 Å². The number of rotatable bonds is 5. The highest BCUT2D eigenvalue weighted by Gasteiger charge is 2.23. The molecular weight excluding hydrogens is 248 g/mol. The summed E-state index contributed by atoms with van der Waals surface area (Å²) in [4.78, 5) is 11.2. The second-order valence-corrected chi connectivity index (χ2v) is 5.13. The predicted octanol–water partition coefficient (Wildman–Crippen LogP) is 2.24. The van der Waals surface area contributed by atoms with Crippen LogP contribution in [0.15, 0.2) is 30.3 Å². The van der Waals surface area contributed by atoms with E-state index in [0.717, 1.165) is 6.42 Å². The third-order valence-electron chi connectivity index (χ3n) is 2.96. The van der Waals surface area contributed by atoms with Gasteiger partial charge in [-0.15, -0.1) is 12.4 Å². The second-order valence-electron chi connectivity index (χ2n) is 5.13. The number of benzene rings is 1. The number of carbonyl (C=O) groups is 1. The summed E-state index contributed by atoms with van der Waals surface area (Å²) < 4.78 is 0. The maximum absolute atomic E-state index is 11.2. The molecule has 1 atom stereocenters. The average molecular weight is 271 g/mol. The SMILES string of the molecule is CC(CC(C)(C)c1ccccc1)NC(=O)CN.Cl.